The molecule has 0 saturated carbocycles. The van der Waals surface area contributed by atoms with Crippen molar-refractivity contribution in [2.24, 2.45) is 7.05 Å². The largest absolute Gasteiger partial charge is 0.478 e. The molecule has 2 rings (SSSR count). The molecule has 0 aliphatic heterocycles. The zero-order chi connectivity index (χ0) is 14.7. The Labute approximate surface area is 113 Å². The highest BCUT2D eigenvalue weighted by molar-refractivity contribution is 5.97. The number of hydrogen-bond acceptors (Lipinski definition) is 4. The lowest BCUT2D eigenvalue weighted by atomic mass is 10.2. The number of nitro groups is 1. The maximum Gasteiger partial charge on any atom is 0.311 e. The number of carbonyl (C=O) groups is 1. The summed E-state index contributed by atoms with van der Waals surface area (Å²) in [6.07, 6.45) is 3.30. The molecule has 0 radical (unpaired) electrons. The summed E-state index contributed by atoms with van der Waals surface area (Å²) in [4.78, 5) is 21.9. The number of halogens is 1. The molecule has 2 aromatic rings. The number of ether oxygens (including phenoxy) is 1. The van der Waals surface area contributed by atoms with Gasteiger partial charge in [0.05, 0.1) is 4.92 Å². The van der Waals surface area contributed by atoms with Crippen LogP contribution < -0.4 is 4.74 Å². The van der Waals surface area contributed by atoms with Gasteiger partial charge in [-0.3, -0.25) is 14.9 Å². The van der Waals surface area contributed by atoms with Gasteiger partial charge in [-0.25, -0.2) is 4.39 Å². The van der Waals surface area contributed by atoms with E-state index in [-0.39, 0.29) is 17.2 Å². The second-order valence-corrected chi connectivity index (χ2v) is 4.15. The molecule has 0 spiro atoms. The maximum absolute atomic E-state index is 13.1. The zero-order valence-electron chi connectivity index (χ0n) is 10.6. The number of nitrogens with zero attached hydrogens (tertiary/aromatic N) is 2. The van der Waals surface area contributed by atoms with Gasteiger partial charge in [-0.2, -0.15) is 0 Å². The third-order valence-electron chi connectivity index (χ3n) is 2.63. The molecule has 7 heteroatoms. The van der Waals surface area contributed by atoms with E-state index >= 15 is 0 Å². The van der Waals surface area contributed by atoms with Crippen molar-refractivity contribution in [1.29, 1.82) is 0 Å². The zero-order valence-corrected chi connectivity index (χ0v) is 10.6. The van der Waals surface area contributed by atoms with Gasteiger partial charge in [0.15, 0.2) is 12.4 Å². The summed E-state index contributed by atoms with van der Waals surface area (Å²) in [5.74, 6) is -1.28. The molecule has 0 atom stereocenters. The summed E-state index contributed by atoms with van der Waals surface area (Å²) >= 11 is 0. The van der Waals surface area contributed by atoms with E-state index in [1.54, 1.807) is 30.1 Å². The molecular weight excluding hydrogens is 267 g/mol. The smallest absolute Gasteiger partial charge is 0.311 e. The SMILES string of the molecule is Cn1ccc(C(=O)COc2cc(F)ccc2[N+](=O)[O-])c1. The minimum atomic E-state index is -0.693. The number of benzene rings is 1. The van der Waals surface area contributed by atoms with Crippen molar-refractivity contribution >= 4 is 11.5 Å². The van der Waals surface area contributed by atoms with E-state index in [0.717, 1.165) is 18.2 Å². The van der Waals surface area contributed by atoms with Gasteiger partial charge < -0.3 is 9.30 Å². The molecule has 0 aliphatic rings. The topological polar surface area (TPSA) is 74.4 Å². The van der Waals surface area contributed by atoms with Crippen LogP contribution in [0, 0.1) is 15.9 Å². The van der Waals surface area contributed by atoms with E-state index in [1.165, 1.54) is 0 Å². The van der Waals surface area contributed by atoms with Crippen molar-refractivity contribution in [2.75, 3.05) is 6.61 Å². The molecular formula is C13H11FN2O4. The van der Waals surface area contributed by atoms with Crippen LogP contribution in [0.25, 0.3) is 0 Å². The van der Waals surface area contributed by atoms with Crippen LogP contribution in [0.15, 0.2) is 36.7 Å². The summed E-state index contributed by atoms with van der Waals surface area (Å²) in [5.41, 5.74) is 0.0406. The molecule has 0 fully saturated rings. The van der Waals surface area contributed by atoms with E-state index in [1.807, 2.05) is 0 Å². The summed E-state index contributed by atoms with van der Waals surface area (Å²) in [5, 5.41) is 10.8. The van der Waals surface area contributed by atoms with Crippen LogP contribution in [-0.4, -0.2) is 21.9 Å². The van der Waals surface area contributed by atoms with Gasteiger partial charge >= 0.3 is 5.69 Å². The molecule has 0 bridgehead atoms. The van der Waals surface area contributed by atoms with Crippen LogP contribution in [-0.2, 0) is 7.05 Å². The van der Waals surface area contributed by atoms with Crippen LogP contribution >= 0.6 is 0 Å². The van der Waals surface area contributed by atoms with E-state index < -0.39 is 17.3 Å². The van der Waals surface area contributed by atoms with E-state index in [9.17, 15) is 19.3 Å². The first-order chi connectivity index (χ1) is 9.47. The Hall–Kier alpha value is -2.70. The summed E-state index contributed by atoms with van der Waals surface area (Å²) < 4.78 is 19.8. The van der Waals surface area contributed by atoms with E-state index in [4.69, 9.17) is 4.74 Å². The molecule has 20 heavy (non-hydrogen) atoms. The average molecular weight is 278 g/mol. The highest BCUT2D eigenvalue weighted by Crippen LogP contribution is 2.27. The van der Waals surface area contributed by atoms with Crippen molar-refractivity contribution in [2.45, 2.75) is 0 Å². The van der Waals surface area contributed by atoms with Crippen LogP contribution in [0.3, 0.4) is 0 Å². The Morgan fingerprint density at radius 1 is 1.45 bits per heavy atom. The third-order valence-corrected chi connectivity index (χ3v) is 2.63. The number of aromatic nitrogens is 1. The number of aryl methyl sites for hydroxylation is 1. The van der Waals surface area contributed by atoms with E-state index in [2.05, 4.69) is 0 Å². The Morgan fingerprint density at radius 2 is 2.20 bits per heavy atom. The molecule has 0 amide bonds. The highest BCUT2D eigenvalue weighted by atomic mass is 19.1. The molecule has 1 aromatic heterocycles. The minimum absolute atomic E-state index is 0.265. The Kier molecular flexibility index (Phi) is 3.79. The fraction of sp³-hybridized carbons (Fsp3) is 0.154. The fourth-order valence-electron chi connectivity index (χ4n) is 1.65. The van der Waals surface area contributed by atoms with Crippen molar-refractivity contribution < 1.29 is 18.8 Å². The van der Waals surface area contributed by atoms with E-state index in [0.29, 0.717) is 5.56 Å². The second-order valence-electron chi connectivity index (χ2n) is 4.15. The first kappa shape index (κ1) is 13.7. The second kappa shape index (κ2) is 5.52. The third kappa shape index (κ3) is 3.00. The van der Waals surface area contributed by atoms with Crippen LogP contribution in [0.4, 0.5) is 10.1 Å². The Balaban J connectivity index is 2.12. The highest BCUT2D eigenvalue weighted by Gasteiger charge is 2.17. The van der Waals surface area contributed by atoms with Gasteiger partial charge in [0, 0.05) is 37.1 Å². The number of carbonyl (C=O) groups excluding carboxylic acids is 1. The molecule has 0 saturated heterocycles. The Morgan fingerprint density at radius 3 is 2.80 bits per heavy atom. The molecule has 0 aliphatic carbocycles. The van der Waals surface area contributed by atoms with Crippen LogP contribution in [0.2, 0.25) is 0 Å². The minimum Gasteiger partial charge on any atom is -0.478 e. The van der Waals surface area contributed by atoms with Crippen LogP contribution in [0.5, 0.6) is 5.75 Å². The standard InChI is InChI=1S/C13H11FN2O4/c1-15-5-4-9(7-15)12(17)8-20-13-6-10(14)2-3-11(13)16(18)19/h2-7H,8H2,1H3. The predicted octanol–water partition coefficient (Wildman–Crippen LogP) is 2.33. The quantitative estimate of drug-likeness (QED) is 0.478. The molecule has 0 N–H and O–H groups in total. The van der Waals surface area contributed by atoms with Crippen molar-refractivity contribution in [3.63, 3.8) is 0 Å². The number of ketones is 1. The maximum atomic E-state index is 13.1. The molecule has 6 nitrogen and oxygen atoms in total. The van der Waals surface area contributed by atoms with Crippen molar-refractivity contribution in [3.8, 4) is 5.75 Å². The summed E-state index contributed by atoms with van der Waals surface area (Å²) in [7, 11) is 1.76. The molecule has 104 valence electrons. The lowest BCUT2D eigenvalue weighted by Crippen LogP contribution is -2.12. The van der Waals surface area contributed by atoms with Gasteiger partial charge in [0.1, 0.15) is 5.82 Å². The number of Topliss-reactive ketones (excluding diaryl/α,β-unsaturated/α-hetero) is 1. The summed E-state index contributed by atoms with van der Waals surface area (Å²) in [6, 6.07) is 4.45. The first-order valence-electron chi connectivity index (χ1n) is 5.69. The van der Waals surface area contributed by atoms with Gasteiger partial charge in [0.25, 0.3) is 0 Å². The lowest BCUT2D eigenvalue weighted by molar-refractivity contribution is -0.385. The summed E-state index contributed by atoms with van der Waals surface area (Å²) in [6.45, 7) is -0.395. The monoisotopic (exact) mass is 278 g/mol. The number of hydrogen-bond donors (Lipinski definition) is 0. The average Bonchev–Trinajstić information content (AvgIpc) is 2.82. The van der Waals surface area contributed by atoms with Crippen LogP contribution in [0.1, 0.15) is 10.4 Å². The predicted molar refractivity (Wildman–Crippen MR) is 68.3 cm³/mol. The van der Waals surface area contributed by atoms with Gasteiger partial charge in [0.2, 0.25) is 5.78 Å². The van der Waals surface area contributed by atoms with Gasteiger partial charge in [-0.05, 0) is 12.1 Å². The first-order valence-corrected chi connectivity index (χ1v) is 5.69. The number of rotatable bonds is 5. The Bertz CT molecular complexity index is 666. The van der Waals surface area contributed by atoms with Crippen molar-refractivity contribution in [1.82, 2.24) is 4.57 Å². The fourth-order valence-corrected chi connectivity index (χ4v) is 1.65. The van der Waals surface area contributed by atoms with Gasteiger partial charge in [-0.15, -0.1) is 0 Å². The normalized spacial score (nSPS) is 10.3. The number of nitro benzene ring substituents is 1. The lowest BCUT2D eigenvalue weighted by Gasteiger charge is -2.05. The molecule has 0 unspecified atom stereocenters. The molecule has 1 aromatic carbocycles. The molecule has 1 heterocycles. The van der Waals surface area contributed by atoms with Gasteiger partial charge in [-0.1, -0.05) is 0 Å². The van der Waals surface area contributed by atoms with Crippen molar-refractivity contribution in [3.05, 3.63) is 58.2 Å².